The molecule has 3 aliphatic rings. The van der Waals surface area contributed by atoms with Gasteiger partial charge >= 0.3 is 0 Å². The second-order valence-electron chi connectivity index (χ2n) is 7.61. The minimum absolute atomic E-state index is 0.137. The number of anilines is 1. The standard InChI is InChI=1S/C20H19N3O6S/c1-30(26,27)22-13-8-16-19(24)21-15-4-2-11(6-14(15)20(25)23(16)9-13)12-3-5-17-18(7-12)29-10-28-17/h2-7,13,16,22H,8-10H2,1H3,(H,21,24)/t13-,16-/m0/s1. The molecule has 9 nitrogen and oxygen atoms in total. The number of carbonyl (C=O) groups excluding carboxylic acids is 2. The summed E-state index contributed by atoms with van der Waals surface area (Å²) in [7, 11) is -3.44. The summed E-state index contributed by atoms with van der Waals surface area (Å²) in [5.41, 5.74) is 2.44. The molecule has 2 aromatic carbocycles. The number of fused-ring (bicyclic) bond motifs is 3. The molecule has 1 saturated heterocycles. The number of nitrogens with zero attached hydrogens (tertiary/aromatic N) is 1. The molecule has 3 heterocycles. The fraction of sp³-hybridized carbons (Fsp3) is 0.300. The minimum Gasteiger partial charge on any atom is -0.454 e. The van der Waals surface area contributed by atoms with E-state index in [0.717, 1.165) is 17.4 Å². The average Bonchev–Trinajstić information content (AvgIpc) is 3.30. The molecule has 1 fully saturated rings. The molecule has 3 aliphatic heterocycles. The van der Waals surface area contributed by atoms with Gasteiger partial charge in [-0.05, 0) is 41.8 Å². The molecule has 0 unspecified atom stereocenters. The summed E-state index contributed by atoms with van der Waals surface area (Å²) in [4.78, 5) is 27.4. The van der Waals surface area contributed by atoms with Gasteiger partial charge in [-0.15, -0.1) is 0 Å². The number of hydrogen-bond acceptors (Lipinski definition) is 6. The smallest absolute Gasteiger partial charge is 0.256 e. The second-order valence-corrected chi connectivity index (χ2v) is 9.39. The van der Waals surface area contributed by atoms with Gasteiger partial charge in [-0.25, -0.2) is 13.1 Å². The first-order chi connectivity index (χ1) is 14.3. The minimum atomic E-state index is -3.44. The predicted octanol–water partition coefficient (Wildman–Crippen LogP) is 1.17. The number of rotatable bonds is 3. The molecule has 0 spiro atoms. The van der Waals surface area contributed by atoms with Crippen LogP contribution < -0.4 is 19.5 Å². The van der Waals surface area contributed by atoms with Crippen LogP contribution >= 0.6 is 0 Å². The van der Waals surface area contributed by atoms with Crippen LogP contribution in [0.2, 0.25) is 0 Å². The van der Waals surface area contributed by atoms with Gasteiger partial charge in [0.1, 0.15) is 6.04 Å². The Morgan fingerprint density at radius 1 is 1.07 bits per heavy atom. The van der Waals surface area contributed by atoms with Gasteiger partial charge in [-0.1, -0.05) is 12.1 Å². The molecule has 0 bridgehead atoms. The van der Waals surface area contributed by atoms with Crippen molar-refractivity contribution < 1.29 is 27.5 Å². The van der Waals surface area contributed by atoms with Crippen LogP contribution in [0, 0.1) is 0 Å². The van der Waals surface area contributed by atoms with Crippen LogP contribution in [0.1, 0.15) is 16.8 Å². The van der Waals surface area contributed by atoms with Crippen molar-refractivity contribution in [1.82, 2.24) is 9.62 Å². The molecule has 0 radical (unpaired) electrons. The maximum absolute atomic E-state index is 13.3. The number of carbonyl (C=O) groups is 2. The largest absolute Gasteiger partial charge is 0.454 e. The zero-order chi connectivity index (χ0) is 21.0. The Balaban J connectivity index is 1.49. The van der Waals surface area contributed by atoms with Gasteiger partial charge in [-0.2, -0.15) is 0 Å². The highest BCUT2D eigenvalue weighted by Crippen LogP contribution is 2.37. The first-order valence-electron chi connectivity index (χ1n) is 9.42. The van der Waals surface area contributed by atoms with Gasteiger partial charge in [0.2, 0.25) is 22.7 Å². The molecular weight excluding hydrogens is 410 g/mol. The van der Waals surface area contributed by atoms with Crippen LogP contribution in [0.25, 0.3) is 11.1 Å². The molecule has 30 heavy (non-hydrogen) atoms. The highest BCUT2D eigenvalue weighted by Gasteiger charge is 2.43. The van der Waals surface area contributed by atoms with Crippen LogP contribution in [0.5, 0.6) is 11.5 Å². The van der Waals surface area contributed by atoms with E-state index in [1.165, 1.54) is 4.90 Å². The van der Waals surface area contributed by atoms with E-state index in [2.05, 4.69) is 10.0 Å². The van der Waals surface area contributed by atoms with Crippen LogP contribution in [0.4, 0.5) is 5.69 Å². The lowest BCUT2D eigenvalue weighted by Crippen LogP contribution is -2.41. The average molecular weight is 429 g/mol. The fourth-order valence-electron chi connectivity index (χ4n) is 4.15. The Morgan fingerprint density at radius 2 is 1.80 bits per heavy atom. The Hall–Kier alpha value is -3.11. The zero-order valence-corrected chi connectivity index (χ0v) is 16.9. The van der Waals surface area contributed by atoms with Gasteiger partial charge in [-0.3, -0.25) is 9.59 Å². The van der Waals surface area contributed by atoms with E-state index in [1.807, 2.05) is 24.3 Å². The molecule has 0 saturated carbocycles. The van der Waals surface area contributed by atoms with Gasteiger partial charge in [0.25, 0.3) is 5.91 Å². The number of amides is 2. The Bertz CT molecular complexity index is 1180. The monoisotopic (exact) mass is 429 g/mol. The molecule has 2 atom stereocenters. The molecule has 0 aromatic heterocycles. The number of benzene rings is 2. The highest BCUT2D eigenvalue weighted by molar-refractivity contribution is 7.88. The van der Waals surface area contributed by atoms with Crippen LogP contribution in [0.3, 0.4) is 0 Å². The molecule has 156 valence electrons. The Kier molecular flexibility index (Phi) is 4.23. The van der Waals surface area contributed by atoms with Crippen molar-refractivity contribution >= 4 is 27.5 Å². The summed E-state index contributed by atoms with van der Waals surface area (Å²) in [5.74, 6) is 0.669. The van der Waals surface area contributed by atoms with Gasteiger partial charge in [0, 0.05) is 12.6 Å². The first-order valence-corrected chi connectivity index (χ1v) is 11.3. The number of hydrogen-bond donors (Lipinski definition) is 2. The summed E-state index contributed by atoms with van der Waals surface area (Å²) in [5, 5.41) is 2.80. The van der Waals surface area contributed by atoms with Crippen LogP contribution in [0.15, 0.2) is 36.4 Å². The van der Waals surface area contributed by atoms with E-state index >= 15 is 0 Å². The van der Waals surface area contributed by atoms with Crippen LogP contribution in [-0.4, -0.2) is 56.8 Å². The zero-order valence-electron chi connectivity index (χ0n) is 16.0. The number of nitrogens with one attached hydrogen (secondary N) is 2. The van der Waals surface area contributed by atoms with Crippen molar-refractivity contribution in [3.05, 3.63) is 42.0 Å². The fourth-order valence-corrected chi connectivity index (χ4v) is 4.93. The van der Waals surface area contributed by atoms with E-state index in [1.54, 1.807) is 12.1 Å². The van der Waals surface area contributed by atoms with Crippen molar-refractivity contribution in [1.29, 1.82) is 0 Å². The van der Waals surface area contributed by atoms with E-state index in [9.17, 15) is 18.0 Å². The lowest BCUT2D eigenvalue weighted by molar-refractivity contribution is -0.119. The van der Waals surface area contributed by atoms with Crippen molar-refractivity contribution in [3.8, 4) is 22.6 Å². The molecule has 5 rings (SSSR count). The van der Waals surface area contributed by atoms with E-state index in [4.69, 9.17) is 9.47 Å². The van der Waals surface area contributed by atoms with Gasteiger partial charge in [0.05, 0.1) is 17.5 Å². The summed E-state index contributed by atoms with van der Waals surface area (Å²) in [6.45, 7) is 0.310. The third kappa shape index (κ3) is 3.27. The third-order valence-corrected chi connectivity index (χ3v) is 6.22. The highest BCUT2D eigenvalue weighted by atomic mass is 32.2. The lowest BCUT2D eigenvalue weighted by atomic mass is 10.0. The number of ether oxygens (including phenoxy) is 2. The van der Waals surface area contributed by atoms with E-state index in [-0.39, 0.29) is 31.6 Å². The first kappa shape index (κ1) is 18.9. The lowest BCUT2D eigenvalue weighted by Gasteiger charge is -2.20. The van der Waals surface area contributed by atoms with Crippen molar-refractivity contribution in [2.75, 3.05) is 24.9 Å². The Labute approximate surface area is 173 Å². The van der Waals surface area contributed by atoms with Crippen molar-refractivity contribution in [2.24, 2.45) is 0 Å². The van der Waals surface area contributed by atoms with E-state index < -0.39 is 22.1 Å². The predicted molar refractivity (Wildman–Crippen MR) is 108 cm³/mol. The normalized spacial score (nSPS) is 22.4. The molecule has 2 amide bonds. The molecule has 0 aliphatic carbocycles. The summed E-state index contributed by atoms with van der Waals surface area (Å²) in [6.07, 6.45) is 1.29. The third-order valence-electron chi connectivity index (χ3n) is 5.46. The topological polar surface area (TPSA) is 114 Å². The molecular formula is C20H19N3O6S. The second kappa shape index (κ2) is 6.71. The molecule has 2 aromatic rings. The van der Waals surface area contributed by atoms with Crippen molar-refractivity contribution in [2.45, 2.75) is 18.5 Å². The van der Waals surface area contributed by atoms with Gasteiger partial charge < -0.3 is 19.7 Å². The summed E-state index contributed by atoms with van der Waals surface area (Å²) >= 11 is 0. The van der Waals surface area contributed by atoms with E-state index in [0.29, 0.717) is 22.7 Å². The maximum atomic E-state index is 13.3. The van der Waals surface area contributed by atoms with Gasteiger partial charge in [0.15, 0.2) is 11.5 Å². The quantitative estimate of drug-likeness (QED) is 0.757. The Morgan fingerprint density at radius 3 is 2.60 bits per heavy atom. The van der Waals surface area contributed by atoms with Crippen LogP contribution in [-0.2, 0) is 14.8 Å². The molecule has 2 N–H and O–H groups in total. The summed E-state index contributed by atoms with van der Waals surface area (Å²) < 4.78 is 36.4. The van der Waals surface area contributed by atoms with Crippen molar-refractivity contribution in [3.63, 3.8) is 0 Å². The maximum Gasteiger partial charge on any atom is 0.256 e. The number of sulfonamides is 1. The summed E-state index contributed by atoms with van der Waals surface area (Å²) in [6, 6.07) is 9.57. The SMILES string of the molecule is CS(=O)(=O)N[C@H]1C[C@H]2C(=O)Nc3ccc(-c4ccc5c(c4)OCO5)cc3C(=O)N2C1. The molecule has 10 heteroatoms.